The lowest BCUT2D eigenvalue weighted by molar-refractivity contribution is -0.159. The Kier molecular flexibility index (Phi) is 5.60. The number of hydrogen-bond donors (Lipinski definition) is 1. The van der Waals surface area contributed by atoms with Gasteiger partial charge in [0.05, 0.1) is 0 Å². The van der Waals surface area contributed by atoms with Gasteiger partial charge >= 0.3 is 23.9 Å². The predicted molar refractivity (Wildman–Crippen MR) is 83.0 cm³/mol. The summed E-state index contributed by atoms with van der Waals surface area (Å²) in [4.78, 5) is 28.1. The Bertz CT molecular complexity index is 787. The molecular weight excluding hydrogens is 355 g/mol. The first-order valence-corrected chi connectivity index (χ1v) is 7.31. The molecule has 0 bridgehead atoms. The summed E-state index contributed by atoms with van der Waals surface area (Å²) in [5.41, 5.74) is 3.33. The molecule has 8 nitrogen and oxygen atoms in total. The van der Waals surface area contributed by atoms with Crippen molar-refractivity contribution in [3.8, 4) is 11.4 Å². The van der Waals surface area contributed by atoms with Crippen LogP contribution in [0.15, 0.2) is 28.8 Å². The number of nitrogens with zero attached hydrogens (tertiary/aromatic N) is 4. The minimum Gasteiger partial charge on any atom is -0.333 e. The molecule has 0 saturated carbocycles. The van der Waals surface area contributed by atoms with Gasteiger partial charge in [-0.15, -0.1) is 0 Å². The molecule has 2 aromatic rings. The number of carbonyl (C=O) groups excluding carboxylic acids is 2. The van der Waals surface area contributed by atoms with Crippen LogP contribution in [0.2, 0.25) is 0 Å². The Morgan fingerprint density at radius 3 is 2.27 bits per heavy atom. The molecule has 2 amide bonds. The van der Waals surface area contributed by atoms with E-state index >= 15 is 0 Å². The van der Waals surface area contributed by atoms with Gasteiger partial charge in [0, 0.05) is 33.3 Å². The summed E-state index contributed by atoms with van der Waals surface area (Å²) in [5, 5.41) is 4.64. The summed E-state index contributed by atoms with van der Waals surface area (Å²) in [6.07, 6.45) is -4.71. The van der Waals surface area contributed by atoms with Crippen LogP contribution < -0.4 is 5.43 Å². The Balaban J connectivity index is 2.04. The summed E-state index contributed by atoms with van der Waals surface area (Å²) in [5.74, 6) is -3.12. The minimum atomic E-state index is -4.71. The number of benzene rings is 1. The molecule has 0 spiro atoms. The third-order valence-corrected chi connectivity index (χ3v) is 3.17. The topological polar surface area (TPSA) is 91.6 Å². The molecule has 0 radical (unpaired) electrons. The Labute approximate surface area is 146 Å². The maximum atomic E-state index is 12.5. The quantitative estimate of drug-likeness (QED) is 0.644. The lowest BCUT2D eigenvalue weighted by Crippen LogP contribution is -2.45. The zero-order valence-electron chi connectivity index (χ0n) is 14.2. The first-order valence-electron chi connectivity index (χ1n) is 7.31. The van der Waals surface area contributed by atoms with Gasteiger partial charge in [-0.1, -0.05) is 29.4 Å². The molecule has 1 aromatic heterocycles. The molecular formula is C15H16F3N5O3. The molecule has 11 heteroatoms. The van der Waals surface area contributed by atoms with Crippen molar-refractivity contribution in [1.82, 2.24) is 25.5 Å². The second-order valence-electron chi connectivity index (χ2n) is 5.61. The molecule has 1 N–H and O–H groups in total. The first-order chi connectivity index (χ1) is 12.1. The monoisotopic (exact) mass is 371 g/mol. The maximum absolute atomic E-state index is 12.5. The van der Waals surface area contributed by atoms with E-state index in [4.69, 9.17) is 0 Å². The van der Waals surface area contributed by atoms with Gasteiger partial charge in [-0.05, 0) is 5.56 Å². The molecule has 0 atom stereocenters. The van der Waals surface area contributed by atoms with Crippen LogP contribution in [0.25, 0.3) is 11.4 Å². The average Bonchev–Trinajstić information content (AvgIpc) is 3.04. The van der Waals surface area contributed by atoms with Gasteiger partial charge < -0.3 is 9.42 Å². The van der Waals surface area contributed by atoms with Crippen LogP contribution in [0.1, 0.15) is 11.5 Å². The maximum Gasteiger partial charge on any atom is 0.471 e. The fourth-order valence-electron chi connectivity index (χ4n) is 1.99. The third kappa shape index (κ3) is 4.79. The molecule has 140 valence electrons. The van der Waals surface area contributed by atoms with E-state index in [9.17, 15) is 22.8 Å². The van der Waals surface area contributed by atoms with Gasteiger partial charge in [0.1, 0.15) is 0 Å². The van der Waals surface area contributed by atoms with Crippen molar-refractivity contribution < 1.29 is 27.3 Å². The number of halogens is 3. The zero-order chi connectivity index (χ0) is 19.5. The largest absolute Gasteiger partial charge is 0.471 e. The predicted octanol–water partition coefficient (Wildman–Crippen LogP) is 1.31. The summed E-state index contributed by atoms with van der Waals surface area (Å²) in [6.45, 7) is 0.139. The smallest absolute Gasteiger partial charge is 0.333 e. The third-order valence-electron chi connectivity index (χ3n) is 3.17. The number of carbonyl (C=O) groups is 2. The van der Waals surface area contributed by atoms with Crippen LogP contribution in [0.5, 0.6) is 0 Å². The van der Waals surface area contributed by atoms with Gasteiger partial charge in [0.25, 0.3) is 0 Å². The number of hydrogen-bond acceptors (Lipinski definition) is 6. The van der Waals surface area contributed by atoms with Gasteiger partial charge in [0.2, 0.25) is 5.82 Å². The molecule has 1 aromatic carbocycles. The van der Waals surface area contributed by atoms with Crippen molar-refractivity contribution in [3.05, 3.63) is 35.7 Å². The van der Waals surface area contributed by atoms with Crippen LogP contribution in [-0.2, 0) is 22.3 Å². The van der Waals surface area contributed by atoms with Crippen molar-refractivity contribution >= 4 is 11.8 Å². The molecule has 0 fully saturated rings. The first kappa shape index (κ1) is 19.4. The van der Waals surface area contributed by atoms with Crippen molar-refractivity contribution in [2.45, 2.75) is 12.7 Å². The van der Waals surface area contributed by atoms with Gasteiger partial charge in [-0.2, -0.15) is 18.2 Å². The number of rotatable bonds is 4. The van der Waals surface area contributed by atoms with E-state index in [0.717, 1.165) is 0 Å². The average molecular weight is 371 g/mol. The Morgan fingerprint density at radius 1 is 1.15 bits per heavy atom. The summed E-state index contributed by atoms with van der Waals surface area (Å²) < 4.78 is 41.6. The lowest BCUT2D eigenvalue weighted by Gasteiger charge is -2.18. The second-order valence-corrected chi connectivity index (χ2v) is 5.61. The van der Waals surface area contributed by atoms with Crippen LogP contribution >= 0.6 is 0 Å². The van der Waals surface area contributed by atoms with E-state index in [1.54, 1.807) is 26.2 Å². The molecule has 0 aliphatic rings. The highest BCUT2D eigenvalue weighted by Crippen LogP contribution is 2.29. The second kappa shape index (κ2) is 7.52. The summed E-state index contributed by atoms with van der Waals surface area (Å²) >= 11 is 0. The van der Waals surface area contributed by atoms with Crippen molar-refractivity contribution in [2.75, 3.05) is 21.1 Å². The highest BCUT2D eigenvalue weighted by Gasteiger charge is 2.38. The van der Waals surface area contributed by atoms with Gasteiger partial charge in [0.15, 0.2) is 0 Å². The molecule has 0 aliphatic heterocycles. The van der Waals surface area contributed by atoms with E-state index in [1.165, 1.54) is 29.1 Å². The van der Waals surface area contributed by atoms with E-state index in [0.29, 0.717) is 11.1 Å². The van der Waals surface area contributed by atoms with Gasteiger partial charge in [-0.3, -0.25) is 15.0 Å². The number of nitrogens with one attached hydrogen (secondary N) is 1. The number of amides is 2. The zero-order valence-corrected chi connectivity index (χ0v) is 14.2. The molecule has 2 rings (SSSR count). The van der Waals surface area contributed by atoms with Crippen LogP contribution in [0.3, 0.4) is 0 Å². The minimum absolute atomic E-state index is 0.139. The van der Waals surface area contributed by atoms with E-state index in [-0.39, 0.29) is 12.4 Å². The fraction of sp³-hybridized carbons (Fsp3) is 0.333. The van der Waals surface area contributed by atoms with Crippen LogP contribution in [0, 0.1) is 0 Å². The molecule has 26 heavy (non-hydrogen) atoms. The lowest BCUT2D eigenvalue weighted by atomic mass is 10.1. The summed E-state index contributed by atoms with van der Waals surface area (Å²) in [7, 11) is 4.61. The van der Waals surface area contributed by atoms with Crippen LogP contribution in [-0.4, -0.2) is 53.0 Å². The standard InChI is InChI=1S/C15H16F3N5O3/c1-22(2)20-12(24)13(25)23(3)8-9-4-6-10(7-5-9)11-19-14(26-21-11)15(16,17)18/h4-7H,8H2,1-3H3,(H,20,24). The van der Waals surface area contributed by atoms with Crippen molar-refractivity contribution in [2.24, 2.45) is 0 Å². The van der Waals surface area contributed by atoms with E-state index < -0.39 is 23.9 Å². The number of hydrazine groups is 1. The number of aromatic nitrogens is 2. The van der Waals surface area contributed by atoms with E-state index in [1.807, 2.05) is 0 Å². The van der Waals surface area contributed by atoms with Crippen molar-refractivity contribution in [3.63, 3.8) is 0 Å². The van der Waals surface area contributed by atoms with Crippen LogP contribution in [0.4, 0.5) is 13.2 Å². The fourth-order valence-corrected chi connectivity index (χ4v) is 1.99. The summed E-state index contributed by atoms with van der Waals surface area (Å²) in [6, 6.07) is 6.18. The van der Waals surface area contributed by atoms with E-state index in [2.05, 4.69) is 20.1 Å². The number of alkyl halides is 3. The Morgan fingerprint density at radius 2 is 1.77 bits per heavy atom. The Hall–Kier alpha value is -2.95. The normalized spacial score (nSPS) is 11.5. The highest BCUT2D eigenvalue weighted by molar-refractivity contribution is 6.34. The number of likely N-dealkylation sites (N-methyl/N-ethyl adjacent to an activating group) is 1. The molecule has 0 saturated heterocycles. The molecule has 0 unspecified atom stereocenters. The van der Waals surface area contributed by atoms with Gasteiger partial charge in [-0.25, -0.2) is 5.01 Å². The molecule has 0 aliphatic carbocycles. The SMILES string of the molecule is CN(C)NC(=O)C(=O)N(C)Cc1ccc(-c2noc(C(F)(F)F)n2)cc1. The highest BCUT2D eigenvalue weighted by atomic mass is 19.4. The van der Waals surface area contributed by atoms with Crippen molar-refractivity contribution in [1.29, 1.82) is 0 Å². The molecule has 1 heterocycles.